The molecule has 1 aliphatic carbocycles. The molecule has 0 spiro atoms. The van der Waals surface area contributed by atoms with E-state index in [-0.39, 0.29) is 65.7 Å². The van der Waals surface area contributed by atoms with Gasteiger partial charge in [0, 0.05) is 17.8 Å². The van der Waals surface area contributed by atoms with Gasteiger partial charge in [0.15, 0.2) is 0 Å². The summed E-state index contributed by atoms with van der Waals surface area (Å²) in [5.41, 5.74) is 3.78. The van der Waals surface area contributed by atoms with Gasteiger partial charge >= 0.3 is 59.1 Å². The topological polar surface area (TPSA) is 116 Å². The number of rotatable bonds is 2. The van der Waals surface area contributed by atoms with Crippen molar-refractivity contribution in [2.75, 3.05) is 6.61 Å². The zero-order valence-corrected chi connectivity index (χ0v) is 12.6. The Morgan fingerprint density at radius 3 is 2.20 bits per heavy atom. The Hall–Kier alpha value is 0.860. The Kier molecular flexibility index (Phi) is 5.30. The van der Waals surface area contributed by atoms with Crippen molar-refractivity contribution in [3.05, 3.63) is 0 Å². The Morgan fingerprint density at radius 1 is 1.33 bits per heavy atom. The van der Waals surface area contributed by atoms with E-state index in [4.69, 9.17) is 10.5 Å². The van der Waals surface area contributed by atoms with Gasteiger partial charge in [-0.05, 0) is 0 Å². The first kappa shape index (κ1) is 15.9. The standard InChI is InChI=1S/C7H9NO5.2Na/c8-7(6(11)12)1-13-4-2(3(4)7)5(9)10;;/h2-4H,1,8H2,(H,9,10)(H,11,12);;/q;2*+1/p-2/t2-,3-,4+,7+;;/m1../s1. The average Bonchev–Trinajstić information content (AvgIpc) is 2.66. The predicted molar refractivity (Wildman–Crippen MR) is 33.7 cm³/mol. The van der Waals surface area contributed by atoms with Crippen LogP contribution in [0.2, 0.25) is 0 Å². The van der Waals surface area contributed by atoms with Crippen LogP contribution in [0.1, 0.15) is 0 Å². The van der Waals surface area contributed by atoms with Crippen LogP contribution in [0.4, 0.5) is 0 Å². The molecule has 2 rings (SSSR count). The van der Waals surface area contributed by atoms with Gasteiger partial charge in [-0.3, -0.25) is 0 Å². The number of carboxylic acid groups (broad SMARTS) is 2. The molecule has 1 aliphatic heterocycles. The second-order valence-electron chi connectivity index (χ2n) is 3.47. The minimum absolute atomic E-state index is 0. The third-order valence-corrected chi connectivity index (χ3v) is 2.72. The summed E-state index contributed by atoms with van der Waals surface area (Å²) in [5.74, 6) is -4.37. The Bertz CT molecular complexity index is 299. The van der Waals surface area contributed by atoms with Crippen LogP contribution in [0.25, 0.3) is 0 Å². The zero-order chi connectivity index (χ0) is 9.80. The molecular weight excluding hydrogens is 224 g/mol. The number of aliphatic carboxylic acids is 2. The van der Waals surface area contributed by atoms with Crippen molar-refractivity contribution in [1.82, 2.24) is 0 Å². The second kappa shape index (κ2) is 5.01. The number of ether oxygens (including phenoxy) is 1. The first-order valence-electron chi connectivity index (χ1n) is 3.81. The van der Waals surface area contributed by atoms with Crippen molar-refractivity contribution in [1.29, 1.82) is 0 Å². The molecule has 2 fully saturated rings. The number of carboxylic acids is 2. The number of carbonyl (C=O) groups excluding carboxylic acids is 2. The maximum atomic E-state index is 10.6. The predicted octanol–water partition coefficient (Wildman–Crippen LogP) is -10.2. The molecule has 72 valence electrons. The Morgan fingerprint density at radius 2 is 1.87 bits per heavy atom. The van der Waals surface area contributed by atoms with Gasteiger partial charge in [0.2, 0.25) is 0 Å². The SMILES string of the molecule is N[C@@]1(C(=O)[O-])CO[C@H]2[C@H](C(=O)[O-])[C@H]21.[Na+].[Na+]. The minimum Gasteiger partial charge on any atom is -0.550 e. The van der Waals surface area contributed by atoms with Crippen LogP contribution in [-0.2, 0) is 14.3 Å². The molecule has 6 nitrogen and oxygen atoms in total. The van der Waals surface area contributed by atoms with Gasteiger partial charge in [0.25, 0.3) is 0 Å². The zero-order valence-electron chi connectivity index (χ0n) is 8.56. The van der Waals surface area contributed by atoms with Crippen molar-refractivity contribution < 1.29 is 83.7 Å². The molecule has 1 saturated carbocycles. The van der Waals surface area contributed by atoms with E-state index in [0.29, 0.717) is 0 Å². The monoisotopic (exact) mass is 231 g/mol. The molecule has 0 bridgehead atoms. The van der Waals surface area contributed by atoms with Gasteiger partial charge in [-0.15, -0.1) is 0 Å². The fourth-order valence-electron chi connectivity index (χ4n) is 1.91. The summed E-state index contributed by atoms with van der Waals surface area (Å²) in [6, 6.07) is 0. The summed E-state index contributed by atoms with van der Waals surface area (Å²) in [6.07, 6.45) is -0.604. The number of hydrogen-bond donors (Lipinski definition) is 1. The maximum absolute atomic E-state index is 10.6. The smallest absolute Gasteiger partial charge is 0.550 e. The molecule has 0 unspecified atom stereocenters. The van der Waals surface area contributed by atoms with Gasteiger partial charge < -0.3 is 30.3 Å². The molecule has 15 heavy (non-hydrogen) atoms. The Labute approximate surface area is 130 Å². The molecule has 0 radical (unpaired) electrons. The molecule has 4 atom stereocenters. The van der Waals surface area contributed by atoms with E-state index >= 15 is 0 Å². The van der Waals surface area contributed by atoms with E-state index in [9.17, 15) is 19.8 Å². The molecule has 2 aliphatic rings. The number of fused-ring (bicyclic) bond motifs is 1. The van der Waals surface area contributed by atoms with Gasteiger partial charge in [-0.2, -0.15) is 0 Å². The third kappa shape index (κ3) is 2.28. The molecular formula is C7H7NNa2O5. The van der Waals surface area contributed by atoms with Crippen molar-refractivity contribution in [3.8, 4) is 0 Å². The van der Waals surface area contributed by atoms with Gasteiger partial charge in [0.1, 0.15) is 0 Å². The summed E-state index contributed by atoms with van der Waals surface area (Å²) < 4.78 is 4.91. The average molecular weight is 231 g/mol. The summed E-state index contributed by atoms with van der Waals surface area (Å²) >= 11 is 0. The Balaban J connectivity index is 0.000000980. The van der Waals surface area contributed by atoms with Crippen LogP contribution in [-0.4, -0.2) is 30.2 Å². The molecule has 8 heteroatoms. The van der Waals surface area contributed by atoms with E-state index in [2.05, 4.69) is 0 Å². The van der Waals surface area contributed by atoms with Crippen molar-refractivity contribution in [3.63, 3.8) is 0 Å². The molecule has 1 heterocycles. The van der Waals surface area contributed by atoms with E-state index in [1.165, 1.54) is 0 Å². The van der Waals surface area contributed by atoms with Gasteiger partial charge in [0.05, 0.1) is 24.2 Å². The number of carbonyl (C=O) groups is 2. The van der Waals surface area contributed by atoms with Crippen LogP contribution in [0.3, 0.4) is 0 Å². The molecule has 0 amide bonds. The largest absolute Gasteiger partial charge is 1.00 e. The third-order valence-electron chi connectivity index (χ3n) is 2.72. The summed E-state index contributed by atoms with van der Waals surface area (Å²) in [7, 11) is 0. The van der Waals surface area contributed by atoms with Crippen molar-refractivity contribution >= 4 is 11.9 Å². The molecule has 0 aromatic rings. The summed E-state index contributed by atoms with van der Waals surface area (Å²) in [4.78, 5) is 21.0. The second-order valence-corrected chi connectivity index (χ2v) is 3.47. The number of hydrogen-bond acceptors (Lipinski definition) is 6. The van der Waals surface area contributed by atoms with E-state index in [1.54, 1.807) is 0 Å². The summed E-state index contributed by atoms with van der Waals surface area (Å²) in [6.45, 7) is -0.186. The van der Waals surface area contributed by atoms with Crippen LogP contribution in [0, 0.1) is 11.8 Å². The fraction of sp³-hybridized carbons (Fsp3) is 0.714. The quantitative estimate of drug-likeness (QED) is 0.472. The summed E-state index contributed by atoms with van der Waals surface area (Å²) in [5, 5.41) is 21.0. The van der Waals surface area contributed by atoms with Crippen molar-refractivity contribution in [2.24, 2.45) is 17.6 Å². The molecule has 2 N–H and O–H groups in total. The van der Waals surface area contributed by atoms with E-state index < -0.39 is 35.4 Å². The molecule has 1 saturated heterocycles. The van der Waals surface area contributed by atoms with Crippen LogP contribution in [0.5, 0.6) is 0 Å². The van der Waals surface area contributed by atoms with Gasteiger partial charge in [-0.1, -0.05) is 0 Å². The maximum Gasteiger partial charge on any atom is 1.00 e. The van der Waals surface area contributed by atoms with Crippen LogP contribution >= 0.6 is 0 Å². The number of nitrogens with two attached hydrogens (primary N) is 1. The molecule has 0 aromatic heterocycles. The van der Waals surface area contributed by atoms with Crippen molar-refractivity contribution in [2.45, 2.75) is 11.6 Å². The fourth-order valence-corrected chi connectivity index (χ4v) is 1.91. The van der Waals surface area contributed by atoms with E-state index in [1.807, 2.05) is 0 Å². The van der Waals surface area contributed by atoms with E-state index in [0.717, 1.165) is 0 Å². The first-order chi connectivity index (χ1) is 5.98. The first-order valence-corrected chi connectivity index (χ1v) is 3.81. The van der Waals surface area contributed by atoms with Crippen LogP contribution in [0.15, 0.2) is 0 Å². The van der Waals surface area contributed by atoms with Crippen LogP contribution < -0.4 is 75.1 Å². The van der Waals surface area contributed by atoms with Gasteiger partial charge in [-0.25, -0.2) is 0 Å². The normalized spacial score (nSPS) is 40.7. The molecule has 0 aromatic carbocycles. The minimum atomic E-state index is -1.66.